The molecule has 2 aromatic heterocycles. The summed E-state index contributed by atoms with van der Waals surface area (Å²) in [4.78, 5) is 30.7. The average molecular weight is 503 g/mol. The molecule has 0 saturated carbocycles. The summed E-state index contributed by atoms with van der Waals surface area (Å²) in [5, 5.41) is 4.10. The van der Waals surface area contributed by atoms with Crippen LogP contribution in [-0.4, -0.2) is 57.0 Å². The molecule has 3 aromatic rings. The second-order valence-corrected chi connectivity index (χ2v) is 8.38. The first-order valence-electron chi connectivity index (χ1n) is 11.2. The van der Waals surface area contributed by atoms with Gasteiger partial charge in [0.15, 0.2) is 11.4 Å². The number of rotatable bonds is 7. The van der Waals surface area contributed by atoms with E-state index in [2.05, 4.69) is 14.8 Å². The van der Waals surface area contributed by atoms with Gasteiger partial charge in [0.25, 0.3) is 5.91 Å². The lowest BCUT2D eigenvalue weighted by Crippen LogP contribution is -2.42. The van der Waals surface area contributed by atoms with Crippen molar-refractivity contribution in [3.63, 3.8) is 0 Å². The number of primary amides is 1. The number of halogens is 3. The van der Waals surface area contributed by atoms with Crippen molar-refractivity contribution in [3.05, 3.63) is 60.0 Å². The first-order valence-corrected chi connectivity index (χ1v) is 11.2. The molecule has 9 nitrogen and oxygen atoms in total. The van der Waals surface area contributed by atoms with E-state index in [0.717, 1.165) is 5.56 Å². The van der Waals surface area contributed by atoms with E-state index in [1.165, 1.54) is 24.3 Å². The van der Waals surface area contributed by atoms with Gasteiger partial charge in [-0.1, -0.05) is 12.1 Å². The number of likely N-dealkylation sites (tertiary alicyclic amines) is 1. The van der Waals surface area contributed by atoms with E-state index in [1.54, 1.807) is 41.2 Å². The standard InChI is InChI=1S/C24H24F3N5O4/c1-31-14-16(13-29-31)19-6-7-20(22(30-19)23(28)34)35-17-8-10-32(11-9-17)21(33)12-15-2-4-18(5-3-15)36-24(25,26)27/h2-7,13-14,17H,8-12H2,1H3,(H2,28,34). The highest BCUT2D eigenvalue weighted by atomic mass is 19.4. The van der Waals surface area contributed by atoms with Crippen LogP contribution in [0.5, 0.6) is 11.5 Å². The van der Waals surface area contributed by atoms with Gasteiger partial charge in [-0.25, -0.2) is 4.98 Å². The lowest BCUT2D eigenvalue weighted by Gasteiger charge is -2.32. The maximum absolute atomic E-state index is 12.7. The molecule has 1 aliphatic heterocycles. The van der Waals surface area contributed by atoms with Gasteiger partial charge < -0.3 is 20.1 Å². The summed E-state index contributed by atoms with van der Waals surface area (Å²) in [6.45, 7) is 0.873. The first kappa shape index (κ1) is 25.0. The highest BCUT2D eigenvalue weighted by molar-refractivity contribution is 5.94. The second kappa shape index (κ2) is 10.3. The summed E-state index contributed by atoms with van der Waals surface area (Å²) in [6, 6.07) is 8.60. The molecule has 0 radical (unpaired) electrons. The zero-order valence-corrected chi connectivity index (χ0v) is 19.4. The third kappa shape index (κ3) is 6.32. The van der Waals surface area contributed by atoms with Crippen LogP contribution in [0.3, 0.4) is 0 Å². The van der Waals surface area contributed by atoms with E-state index >= 15 is 0 Å². The summed E-state index contributed by atoms with van der Waals surface area (Å²) in [7, 11) is 1.77. The van der Waals surface area contributed by atoms with Crippen molar-refractivity contribution in [2.24, 2.45) is 12.8 Å². The minimum absolute atomic E-state index is 0.0211. The normalized spacial score (nSPS) is 14.5. The molecule has 1 fully saturated rings. The van der Waals surface area contributed by atoms with Gasteiger partial charge in [0.2, 0.25) is 5.91 Å². The van der Waals surface area contributed by atoms with E-state index in [-0.39, 0.29) is 35.6 Å². The Labute approximate surface area is 204 Å². The van der Waals surface area contributed by atoms with Crippen molar-refractivity contribution < 1.29 is 32.2 Å². The number of nitrogens with zero attached hydrogens (tertiary/aromatic N) is 4. The van der Waals surface area contributed by atoms with Crippen LogP contribution in [0.4, 0.5) is 13.2 Å². The highest BCUT2D eigenvalue weighted by Gasteiger charge is 2.31. The molecule has 12 heteroatoms. The third-order valence-corrected chi connectivity index (χ3v) is 5.69. The Bertz CT molecular complexity index is 1240. The van der Waals surface area contributed by atoms with Gasteiger partial charge in [0.05, 0.1) is 18.3 Å². The van der Waals surface area contributed by atoms with Gasteiger partial charge in [0, 0.05) is 44.7 Å². The molecule has 0 unspecified atom stereocenters. The van der Waals surface area contributed by atoms with Crippen molar-refractivity contribution in [2.45, 2.75) is 31.7 Å². The molecule has 2 N–H and O–H groups in total. The van der Waals surface area contributed by atoms with E-state index in [0.29, 0.717) is 37.2 Å². The average Bonchev–Trinajstić information content (AvgIpc) is 3.26. The molecule has 36 heavy (non-hydrogen) atoms. The summed E-state index contributed by atoms with van der Waals surface area (Å²) in [6.07, 6.45) is -0.477. The fraction of sp³-hybridized carbons (Fsp3) is 0.333. The molecule has 1 saturated heterocycles. The van der Waals surface area contributed by atoms with Crippen LogP contribution in [0.25, 0.3) is 11.3 Å². The molecule has 1 aromatic carbocycles. The SMILES string of the molecule is Cn1cc(-c2ccc(OC3CCN(C(=O)Cc4ccc(OC(F)(F)F)cc4)CC3)c(C(N)=O)n2)cn1. The maximum atomic E-state index is 12.7. The van der Waals surface area contributed by atoms with Crippen molar-refractivity contribution in [1.82, 2.24) is 19.7 Å². The number of ether oxygens (including phenoxy) is 2. The van der Waals surface area contributed by atoms with Gasteiger partial charge in [-0.3, -0.25) is 14.3 Å². The molecule has 190 valence electrons. The van der Waals surface area contributed by atoms with Crippen LogP contribution in [0.2, 0.25) is 0 Å². The number of hydrogen-bond donors (Lipinski definition) is 1. The Morgan fingerprint density at radius 2 is 1.81 bits per heavy atom. The van der Waals surface area contributed by atoms with Crippen molar-refractivity contribution in [1.29, 1.82) is 0 Å². The van der Waals surface area contributed by atoms with Crippen LogP contribution in [-0.2, 0) is 18.3 Å². The fourth-order valence-corrected chi connectivity index (χ4v) is 3.93. The number of alkyl halides is 3. The Balaban J connectivity index is 1.32. The predicted molar refractivity (Wildman–Crippen MR) is 122 cm³/mol. The van der Waals surface area contributed by atoms with Gasteiger partial charge in [-0.15, -0.1) is 13.2 Å². The Hall–Kier alpha value is -4.09. The quantitative estimate of drug-likeness (QED) is 0.530. The smallest absolute Gasteiger partial charge is 0.488 e. The molecule has 0 bridgehead atoms. The van der Waals surface area contributed by atoms with E-state index in [4.69, 9.17) is 10.5 Å². The van der Waals surface area contributed by atoms with Crippen molar-refractivity contribution in [2.75, 3.05) is 13.1 Å². The third-order valence-electron chi connectivity index (χ3n) is 5.69. The number of aromatic nitrogens is 3. The van der Waals surface area contributed by atoms with E-state index in [9.17, 15) is 22.8 Å². The van der Waals surface area contributed by atoms with Crippen LogP contribution < -0.4 is 15.2 Å². The second-order valence-electron chi connectivity index (χ2n) is 8.38. The summed E-state index contributed by atoms with van der Waals surface area (Å²) >= 11 is 0. The molecule has 0 atom stereocenters. The number of amides is 2. The van der Waals surface area contributed by atoms with E-state index < -0.39 is 12.3 Å². The monoisotopic (exact) mass is 503 g/mol. The van der Waals surface area contributed by atoms with Crippen LogP contribution >= 0.6 is 0 Å². The fourth-order valence-electron chi connectivity index (χ4n) is 3.93. The summed E-state index contributed by atoms with van der Waals surface area (Å²) in [5.74, 6) is -0.913. The number of pyridine rings is 1. The number of piperidine rings is 1. The lowest BCUT2D eigenvalue weighted by molar-refractivity contribution is -0.274. The molecule has 0 spiro atoms. The molecule has 3 heterocycles. The summed E-state index contributed by atoms with van der Waals surface area (Å²) in [5.41, 5.74) is 7.41. The molecular formula is C24H24F3N5O4. The van der Waals surface area contributed by atoms with Gasteiger partial charge in [-0.05, 0) is 29.8 Å². The maximum Gasteiger partial charge on any atom is 0.573 e. The molecular weight excluding hydrogens is 479 g/mol. The number of carbonyl (C=O) groups is 2. The van der Waals surface area contributed by atoms with Crippen LogP contribution in [0, 0.1) is 0 Å². The van der Waals surface area contributed by atoms with Crippen LogP contribution in [0.1, 0.15) is 28.9 Å². The molecule has 0 aliphatic carbocycles. The number of carbonyl (C=O) groups excluding carboxylic acids is 2. The molecule has 4 rings (SSSR count). The minimum Gasteiger partial charge on any atom is -0.488 e. The highest BCUT2D eigenvalue weighted by Crippen LogP contribution is 2.27. The first-order chi connectivity index (χ1) is 17.1. The zero-order valence-electron chi connectivity index (χ0n) is 19.4. The van der Waals surface area contributed by atoms with Gasteiger partial charge in [0.1, 0.15) is 11.9 Å². The number of hydrogen-bond acceptors (Lipinski definition) is 6. The van der Waals surface area contributed by atoms with Crippen molar-refractivity contribution >= 4 is 11.8 Å². The Morgan fingerprint density at radius 3 is 2.39 bits per heavy atom. The number of benzene rings is 1. The van der Waals surface area contributed by atoms with E-state index in [1.807, 2.05) is 0 Å². The largest absolute Gasteiger partial charge is 0.573 e. The number of aryl methyl sites for hydroxylation is 1. The predicted octanol–water partition coefficient (Wildman–Crippen LogP) is 3.09. The zero-order chi connectivity index (χ0) is 25.9. The summed E-state index contributed by atoms with van der Waals surface area (Å²) < 4.78 is 48.4. The Morgan fingerprint density at radius 1 is 1.11 bits per heavy atom. The minimum atomic E-state index is -4.76. The lowest BCUT2D eigenvalue weighted by atomic mass is 10.1. The topological polar surface area (TPSA) is 113 Å². The van der Waals surface area contributed by atoms with Crippen LogP contribution in [0.15, 0.2) is 48.8 Å². The number of nitrogens with two attached hydrogens (primary N) is 1. The van der Waals surface area contributed by atoms with Gasteiger partial charge >= 0.3 is 6.36 Å². The van der Waals surface area contributed by atoms with Gasteiger partial charge in [-0.2, -0.15) is 5.10 Å². The molecule has 1 aliphatic rings. The van der Waals surface area contributed by atoms with Crippen molar-refractivity contribution in [3.8, 4) is 22.8 Å². The molecule has 2 amide bonds. The Kier molecular flexibility index (Phi) is 7.13.